The summed E-state index contributed by atoms with van der Waals surface area (Å²) in [7, 11) is 1.60. The molecule has 1 aliphatic rings. The van der Waals surface area contributed by atoms with Crippen molar-refractivity contribution in [3.8, 4) is 11.5 Å². The molecule has 0 spiro atoms. The molecule has 31 heavy (non-hydrogen) atoms. The third-order valence-corrected chi connectivity index (χ3v) is 7.70. The maximum absolute atomic E-state index is 12.9. The van der Waals surface area contributed by atoms with E-state index in [1.165, 1.54) is 23.1 Å². The molecule has 158 valence electrons. The third-order valence-electron chi connectivity index (χ3n) is 4.53. The Kier molecular flexibility index (Phi) is 7.15. The normalized spacial score (nSPS) is 17.4. The Hall–Kier alpha value is -1.69. The quantitative estimate of drug-likeness (QED) is 0.249. The zero-order valence-electron chi connectivity index (χ0n) is 16.2. The van der Waals surface area contributed by atoms with Crippen LogP contribution < -0.4 is 9.47 Å². The first-order chi connectivity index (χ1) is 15.0. The minimum Gasteiger partial charge on any atom is -0.493 e. The fourth-order valence-electron chi connectivity index (χ4n) is 3.04. The lowest BCUT2D eigenvalue weighted by Crippen LogP contribution is -2.11. The number of halogens is 2. The minimum absolute atomic E-state index is 0.0884. The first-order valence-corrected chi connectivity index (χ1v) is 12.7. The van der Waals surface area contributed by atoms with Gasteiger partial charge in [0.2, 0.25) is 0 Å². The summed E-state index contributed by atoms with van der Waals surface area (Å²) in [5.41, 5.74) is 1.87. The number of carbonyl (C=O) groups excluding carboxylic acids is 1. The Morgan fingerprint density at radius 3 is 2.74 bits per heavy atom. The monoisotopic (exact) mass is 626 g/mol. The fourth-order valence-corrected chi connectivity index (χ4v) is 5.89. The van der Waals surface area contributed by atoms with Crippen LogP contribution in [0.2, 0.25) is 0 Å². The van der Waals surface area contributed by atoms with E-state index in [9.17, 15) is 4.79 Å². The van der Waals surface area contributed by atoms with E-state index in [1.807, 2.05) is 41.8 Å². The van der Waals surface area contributed by atoms with Crippen LogP contribution in [0.15, 0.2) is 57.4 Å². The largest absolute Gasteiger partial charge is 0.493 e. The lowest BCUT2D eigenvalue weighted by atomic mass is 10.0. The third kappa shape index (κ3) is 5.05. The van der Waals surface area contributed by atoms with Crippen LogP contribution in [-0.4, -0.2) is 22.9 Å². The highest BCUT2D eigenvalue weighted by Gasteiger charge is 2.38. The number of Topliss-reactive ketones (excluding diaryl/α,β-unsaturated/α-hetero) is 1. The molecule has 9 heteroatoms. The molecule has 2 heterocycles. The second kappa shape index (κ2) is 9.85. The SMILES string of the molecule is COc1cc(/C=C2\SC(=N)[C@H](c3nccs3)C2=O)cc(I)c1OCc1ccc(Br)cc1. The maximum Gasteiger partial charge on any atom is 0.186 e. The van der Waals surface area contributed by atoms with Crippen LogP contribution in [0.1, 0.15) is 22.1 Å². The lowest BCUT2D eigenvalue weighted by Gasteiger charge is -2.14. The van der Waals surface area contributed by atoms with Gasteiger partial charge in [-0.2, -0.15) is 0 Å². The molecule has 0 amide bonds. The molecule has 3 aromatic rings. The molecule has 1 atom stereocenters. The lowest BCUT2D eigenvalue weighted by molar-refractivity contribution is -0.114. The van der Waals surface area contributed by atoms with Crippen molar-refractivity contribution in [3.05, 3.63) is 77.1 Å². The van der Waals surface area contributed by atoms with Gasteiger partial charge in [-0.05, 0) is 64.1 Å². The number of nitrogens with zero attached hydrogens (tertiary/aromatic N) is 1. The number of methoxy groups -OCH3 is 1. The maximum atomic E-state index is 12.9. The average molecular weight is 627 g/mol. The summed E-state index contributed by atoms with van der Waals surface area (Å²) in [6.45, 7) is 0.418. The van der Waals surface area contributed by atoms with Gasteiger partial charge in [-0.25, -0.2) is 4.98 Å². The number of thioether (sulfide) groups is 1. The number of ketones is 1. The van der Waals surface area contributed by atoms with Gasteiger partial charge in [0, 0.05) is 16.0 Å². The molecule has 2 aromatic carbocycles. The number of thiazole rings is 1. The predicted molar refractivity (Wildman–Crippen MR) is 137 cm³/mol. The first-order valence-electron chi connectivity index (χ1n) is 9.12. The average Bonchev–Trinajstić information content (AvgIpc) is 3.36. The van der Waals surface area contributed by atoms with Gasteiger partial charge in [0.05, 0.1) is 20.6 Å². The van der Waals surface area contributed by atoms with E-state index in [0.717, 1.165) is 19.2 Å². The summed E-state index contributed by atoms with van der Waals surface area (Å²) in [4.78, 5) is 17.6. The number of hydrogen-bond donors (Lipinski definition) is 1. The van der Waals surface area contributed by atoms with Crippen LogP contribution in [0.25, 0.3) is 6.08 Å². The van der Waals surface area contributed by atoms with Gasteiger partial charge < -0.3 is 9.47 Å². The van der Waals surface area contributed by atoms with E-state index in [2.05, 4.69) is 43.5 Å². The number of ether oxygens (including phenoxy) is 2. The molecule has 0 saturated carbocycles. The summed E-state index contributed by atoms with van der Waals surface area (Å²) in [5, 5.41) is 11.0. The zero-order chi connectivity index (χ0) is 22.0. The van der Waals surface area contributed by atoms with E-state index >= 15 is 0 Å². The highest BCUT2D eigenvalue weighted by atomic mass is 127. The number of hydrogen-bond acceptors (Lipinski definition) is 7. The Bertz CT molecular complexity index is 1160. The molecule has 0 bridgehead atoms. The van der Waals surface area contributed by atoms with Crippen molar-refractivity contribution in [3.63, 3.8) is 0 Å². The molecule has 5 nitrogen and oxygen atoms in total. The Morgan fingerprint density at radius 2 is 2.06 bits per heavy atom. The summed E-state index contributed by atoms with van der Waals surface area (Å²) in [6.07, 6.45) is 3.46. The minimum atomic E-state index is -0.592. The van der Waals surface area contributed by atoms with Gasteiger partial charge in [-0.1, -0.05) is 39.8 Å². The van der Waals surface area contributed by atoms with Crippen molar-refractivity contribution >= 4 is 78.5 Å². The molecule has 1 aliphatic heterocycles. The molecule has 1 saturated heterocycles. The number of allylic oxidation sites excluding steroid dienone is 1. The number of benzene rings is 2. The van der Waals surface area contributed by atoms with Crippen molar-refractivity contribution < 1.29 is 14.3 Å². The van der Waals surface area contributed by atoms with Crippen molar-refractivity contribution in [1.29, 1.82) is 5.41 Å². The summed E-state index contributed by atoms with van der Waals surface area (Å²) in [5.74, 6) is 0.574. The summed E-state index contributed by atoms with van der Waals surface area (Å²) >= 11 is 8.23. The second-order valence-electron chi connectivity index (χ2n) is 6.59. The number of aromatic nitrogens is 1. The molecule has 0 aliphatic carbocycles. The van der Waals surface area contributed by atoms with Gasteiger partial charge in [-0.3, -0.25) is 10.2 Å². The van der Waals surface area contributed by atoms with Crippen LogP contribution in [-0.2, 0) is 11.4 Å². The fraction of sp³-hybridized carbons (Fsp3) is 0.136. The van der Waals surface area contributed by atoms with E-state index < -0.39 is 5.92 Å². The Labute approximate surface area is 210 Å². The van der Waals surface area contributed by atoms with Crippen LogP contribution in [0.5, 0.6) is 11.5 Å². The van der Waals surface area contributed by atoms with Crippen LogP contribution >= 0.6 is 61.6 Å². The van der Waals surface area contributed by atoms with Crippen LogP contribution in [0.4, 0.5) is 0 Å². The van der Waals surface area contributed by atoms with Crippen LogP contribution in [0, 0.1) is 8.98 Å². The molecule has 1 N–H and O–H groups in total. The van der Waals surface area contributed by atoms with Gasteiger partial charge >= 0.3 is 0 Å². The smallest absolute Gasteiger partial charge is 0.186 e. The number of rotatable bonds is 6. The molecular formula is C22H16BrIN2O3S2. The van der Waals surface area contributed by atoms with E-state index in [-0.39, 0.29) is 5.78 Å². The molecule has 4 rings (SSSR count). The van der Waals surface area contributed by atoms with Crippen LogP contribution in [0.3, 0.4) is 0 Å². The van der Waals surface area contributed by atoms with E-state index in [0.29, 0.717) is 33.1 Å². The van der Waals surface area contributed by atoms with Crippen molar-refractivity contribution in [2.45, 2.75) is 12.5 Å². The topological polar surface area (TPSA) is 72.3 Å². The van der Waals surface area contributed by atoms with Crippen molar-refractivity contribution in [2.24, 2.45) is 0 Å². The van der Waals surface area contributed by atoms with Gasteiger partial charge in [-0.15, -0.1) is 11.3 Å². The molecule has 0 radical (unpaired) electrons. The summed E-state index contributed by atoms with van der Waals surface area (Å²) < 4.78 is 13.5. The second-order valence-corrected chi connectivity index (χ2v) is 10.7. The molecule has 1 aromatic heterocycles. The number of carbonyl (C=O) groups is 1. The zero-order valence-corrected chi connectivity index (χ0v) is 21.6. The standard InChI is InChI=1S/C22H16BrIN2O3S2/c1-28-16-9-13(8-15(24)20(16)29-11-12-2-4-14(23)5-3-12)10-17-19(27)18(21(25)31-17)22-26-6-7-30-22/h2-10,18,25H,11H2,1H3/b17-10-,25-21?/t18-/m1/s1. The highest BCUT2D eigenvalue weighted by Crippen LogP contribution is 2.42. The van der Waals surface area contributed by atoms with E-state index in [1.54, 1.807) is 19.4 Å². The van der Waals surface area contributed by atoms with E-state index in [4.69, 9.17) is 14.9 Å². The molecular weight excluding hydrogens is 611 g/mol. The Morgan fingerprint density at radius 1 is 1.29 bits per heavy atom. The van der Waals surface area contributed by atoms with Crippen molar-refractivity contribution in [1.82, 2.24) is 4.98 Å². The highest BCUT2D eigenvalue weighted by molar-refractivity contribution is 14.1. The van der Waals surface area contributed by atoms with Gasteiger partial charge in [0.25, 0.3) is 0 Å². The Balaban J connectivity index is 1.57. The number of nitrogens with one attached hydrogen (secondary N) is 1. The molecule has 0 unspecified atom stereocenters. The van der Waals surface area contributed by atoms with Gasteiger partial charge in [0.15, 0.2) is 17.3 Å². The molecule has 1 fully saturated rings. The van der Waals surface area contributed by atoms with Gasteiger partial charge in [0.1, 0.15) is 17.5 Å². The predicted octanol–water partition coefficient (Wildman–Crippen LogP) is 6.52. The van der Waals surface area contributed by atoms with Crippen molar-refractivity contribution in [2.75, 3.05) is 7.11 Å². The first kappa shape index (κ1) is 22.5. The summed E-state index contributed by atoms with van der Waals surface area (Å²) in [6, 6.07) is 11.7.